The average molecular weight is 944 g/mol. The van der Waals surface area contributed by atoms with Gasteiger partial charge in [-0.05, 0) is 55.2 Å². The summed E-state index contributed by atoms with van der Waals surface area (Å²) in [5.41, 5.74) is 19.9. The van der Waals surface area contributed by atoms with Crippen molar-refractivity contribution in [3.05, 3.63) is 119 Å². The lowest BCUT2D eigenvalue weighted by Gasteiger charge is -2.27. The molecule has 68 heavy (non-hydrogen) atoms. The number of hydrogen-bond acceptors (Lipinski definition) is 10. The standard InChI is InChI=1S/C47H53N13O7S/c1-3-27-15-16-39-32(18-27)42(63)55-26(2)41(62)57-37(21-30-23-51-25-54-30)46(67)58-35(19-28-10-5-4-6-11-28)44(65)56-34(14-9-17-52-47(49)50)43(64)59-36(45(66)60-38(24-68-39)40(48)61)20-29-22-53-33-13-8-7-12-31(29)33/h1,4-8,10-13,15-16,18,22-23,25-26,34-38,53H,9,14,17,19-21,24H2,2H3,(H2,48,61)(H,51,54)(H,55,63)(H,56,65)(H,57,62)(H,58,67)(H,59,64)(H,60,66)(H4,49,50,52)/t26-,34+,35-,36+,37+,38+/m1/s1. The molecule has 0 saturated carbocycles. The van der Waals surface area contributed by atoms with Gasteiger partial charge in [0.05, 0.1) is 11.9 Å². The first-order chi connectivity index (χ1) is 32.7. The summed E-state index contributed by atoms with van der Waals surface area (Å²) in [6.45, 7) is 1.51. The van der Waals surface area contributed by atoms with E-state index in [1.807, 2.05) is 24.3 Å². The van der Waals surface area contributed by atoms with Crippen molar-refractivity contribution in [2.24, 2.45) is 22.2 Å². The molecule has 0 bridgehead atoms. The summed E-state index contributed by atoms with van der Waals surface area (Å²) >= 11 is 1.02. The van der Waals surface area contributed by atoms with Crippen molar-refractivity contribution in [2.75, 3.05) is 12.3 Å². The Bertz CT molecular complexity index is 2700. The number of aromatic amines is 2. The van der Waals surface area contributed by atoms with Crippen molar-refractivity contribution >= 4 is 70.0 Å². The van der Waals surface area contributed by atoms with E-state index >= 15 is 0 Å². The number of aromatic nitrogens is 3. The van der Waals surface area contributed by atoms with E-state index in [0.29, 0.717) is 27.3 Å². The van der Waals surface area contributed by atoms with Crippen LogP contribution in [-0.4, -0.2) is 111 Å². The molecule has 3 heterocycles. The van der Waals surface area contributed by atoms with Gasteiger partial charge < -0.3 is 59.1 Å². The van der Waals surface area contributed by atoms with Crippen molar-refractivity contribution in [3.63, 3.8) is 0 Å². The Hall–Kier alpha value is -8.12. The first-order valence-corrected chi connectivity index (χ1v) is 22.6. The minimum atomic E-state index is -1.34. The molecule has 0 aliphatic carbocycles. The predicted molar refractivity (Wildman–Crippen MR) is 255 cm³/mol. The monoisotopic (exact) mass is 943 g/mol. The topological polar surface area (TPSA) is 327 Å². The van der Waals surface area contributed by atoms with Crippen LogP contribution in [-0.2, 0) is 48.0 Å². The van der Waals surface area contributed by atoms with Crippen molar-refractivity contribution < 1.29 is 33.6 Å². The third kappa shape index (κ3) is 13.5. The van der Waals surface area contributed by atoms with Gasteiger partial charge in [-0.2, -0.15) is 0 Å². The number of para-hydroxylation sites is 1. The minimum Gasteiger partial charge on any atom is -0.370 e. The average Bonchev–Trinajstić information content (AvgIpc) is 4.00. The van der Waals surface area contributed by atoms with E-state index in [4.69, 9.17) is 23.6 Å². The quantitative estimate of drug-likeness (QED) is 0.0356. The van der Waals surface area contributed by atoms with Gasteiger partial charge in [0, 0.05) is 71.0 Å². The van der Waals surface area contributed by atoms with Crippen molar-refractivity contribution in [2.45, 2.75) is 80.2 Å². The molecule has 14 N–H and O–H groups in total. The van der Waals surface area contributed by atoms with Crippen LogP contribution in [0.5, 0.6) is 0 Å². The molecule has 1 aliphatic heterocycles. The molecule has 21 heteroatoms. The number of fused-ring (bicyclic) bond motifs is 2. The summed E-state index contributed by atoms with van der Waals surface area (Å²) in [4.78, 5) is 113. The molecule has 6 atom stereocenters. The normalized spacial score (nSPS) is 21.2. The number of thioether (sulfide) groups is 1. The van der Waals surface area contributed by atoms with Crippen LogP contribution in [0.3, 0.4) is 0 Å². The third-order valence-corrected chi connectivity index (χ3v) is 12.2. The van der Waals surface area contributed by atoms with Gasteiger partial charge in [0.15, 0.2) is 5.96 Å². The van der Waals surface area contributed by atoms with E-state index in [2.05, 4.69) is 57.8 Å². The highest BCUT2D eigenvalue weighted by Gasteiger charge is 2.34. The summed E-state index contributed by atoms with van der Waals surface area (Å²) in [7, 11) is 0. The number of amides is 7. The zero-order valence-corrected chi connectivity index (χ0v) is 37.9. The lowest BCUT2D eigenvalue weighted by molar-refractivity contribution is -0.135. The summed E-state index contributed by atoms with van der Waals surface area (Å²) < 4.78 is 0. The van der Waals surface area contributed by atoms with Crippen LogP contribution < -0.4 is 49.1 Å². The number of H-pyrrole nitrogens is 2. The zero-order valence-electron chi connectivity index (χ0n) is 37.0. The number of carbonyl (C=O) groups is 7. The molecule has 354 valence electrons. The van der Waals surface area contributed by atoms with Crippen LogP contribution in [0.15, 0.2) is 101 Å². The van der Waals surface area contributed by atoms with Crippen LogP contribution in [0, 0.1) is 12.3 Å². The first-order valence-electron chi connectivity index (χ1n) is 21.7. The second kappa shape index (κ2) is 23.4. The van der Waals surface area contributed by atoms with Crippen LogP contribution in [0.2, 0.25) is 0 Å². The number of carbonyl (C=O) groups excluding carboxylic acids is 7. The highest BCUT2D eigenvalue weighted by atomic mass is 32.2. The molecule has 0 fully saturated rings. The number of guanidine groups is 1. The second-order valence-corrected chi connectivity index (χ2v) is 17.1. The predicted octanol–water partition coefficient (Wildman–Crippen LogP) is -0.213. The van der Waals surface area contributed by atoms with Gasteiger partial charge in [-0.25, -0.2) is 4.98 Å². The summed E-state index contributed by atoms with van der Waals surface area (Å²) in [6, 6.07) is 12.9. The largest absolute Gasteiger partial charge is 0.370 e. The fourth-order valence-corrected chi connectivity index (χ4v) is 8.47. The van der Waals surface area contributed by atoms with Gasteiger partial charge in [0.1, 0.15) is 36.3 Å². The summed E-state index contributed by atoms with van der Waals surface area (Å²) in [5, 5.41) is 17.2. The van der Waals surface area contributed by atoms with Crippen molar-refractivity contribution in [3.8, 4) is 12.3 Å². The Labute approximate surface area is 395 Å². The Morgan fingerprint density at radius 2 is 1.41 bits per heavy atom. The Kier molecular flexibility index (Phi) is 16.9. The van der Waals surface area contributed by atoms with Crippen LogP contribution >= 0.6 is 11.8 Å². The Morgan fingerprint density at radius 3 is 2.10 bits per heavy atom. The third-order valence-electron chi connectivity index (χ3n) is 11.0. The summed E-state index contributed by atoms with van der Waals surface area (Å²) in [6.07, 6.45) is 10.2. The number of benzene rings is 3. The van der Waals surface area contributed by atoms with E-state index in [9.17, 15) is 33.6 Å². The molecule has 0 spiro atoms. The molecule has 0 saturated heterocycles. The molecule has 0 radical (unpaired) electrons. The number of hydrogen-bond donors (Lipinski definition) is 11. The maximum Gasteiger partial charge on any atom is 0.253 e. The molecule has 20 nitrogen and oxygen atoms in total. The number of nitrogens with two attached hydrogens (primary N) is 3. The Morgan fingerprint density at radius 1 is 0.765 bits per heavy atom. The molecule has 6 rings (SSSR count). The maximum absolute atomic E-state index is 14.6. The number of aliphatic imine (C=N–C) groups is 1. The van der Waals surface area contributed by atoms with E-state index in [1.165, 1.54) is 25.5 Å². The lowest BCUT2D eigenvalue weighted by atomic mass is 10.0. The number of rotatable bonds is 11. The van der Waals surface area contributed by atoms with E-state index < -0.39 is 77.6 Å². The maximum atomic E-state index is 14.6. The molecular weight excluding hydrogens is 891 g/mol. The molecule has 0 unspecified atom stereocenters. The van der Waals surface area contributed by atoms with Gasteiger partial charge in [-0.3, -0.25) is 38.6 Å². The zero-order chi connectivity index (χ0) is 48.7. The van der Waals surface area contributed by atoms with Crippen molar-refractivity contribution in [1.29, 1.82) is 0 Å². The van der Waals surface area contributed by atoms with Gasteiger partial charge in [0.25, 0.3) is 5.91 Å². The number of nitrogens with zero attached hydrogens (tertiary/aromatic N) is 2. The first kappa shape index (κ1) is 49.3. The summed E-state index contributed by atoms with van der Waals surface area (Å²) in [5.74, 6) is -3.32. The van der Waals surface area contributed by atoms with E-state index in [-0.39, 0.29) is 55.9 Å². The van der Waals surface area contributed by atoms with Crippen molar-refractivity contribution in [1.82, 2.24) is 46.9 Å². The smallest absolute Gasteiger partial charge is 0.253 e. The molecule has 2 aromatic heterocycles. The Balaban J connectivity index is 1.42. The number of nitrogens with one attached hydrogen (secondary N) is 8. The minimum absolute atomic E-state index is 0.0226. The fourth-order valence-electron chi connectivity index (χ4n) is 7.40. The lowest BCUT2D eigenvalue weighted by Crippen LogP contribution is -2.60. The molecule has 3 aromatic carbocycles. The van der Waals surface area contributed by atoms with Crippen LogP contribution in [0.25, 0.3) is 10.9 Å². The number of imidazole rings is 1. The van der Waals surface area contributed by atoms with E-state index in [0.717, 1.165) is 22.7 Å². The van der Waals surface area contributed by atoms with Crippen LogP contribution in [0.4, 0.5) is 0 Å². The number of terminal acetylenes is 1. The highest BCUT2D eigenvalue weighted by molar-refractivity contribution is 7.99. The van der Waals surface area contributed by atoms with Gasteiger partial charge in [-0.1, -0.05) is 54.5 Å². The van der Waals surface area contributed by atoms with Crippen LogP contribution in [0.1, 0.15) is 52.5 Å². The second-order valence-electron chi connectivity index (χ2n) is 16.1. The fraction of sp³-hybridized carbons (Fsp3) is 0.298. The highest BCUT2D eigenvalue weighted by Crippen LogP contribution is 2.26. The molecule has 1 aliphatic rings. The van der Waals surface area contributed by atoms with Gasteiger partial charge in [0.2, 0.25) is 35.4 Å². The number of primary amides is 1. The van der Waals surface area contributed by atoms with Gasteiger partial charge in [-0.15, -0.1) is 18.2 Å². The van der Waals surface area contributed by atoms with E-state index in [1.54, 1.807) is 48.7 Å². The molecule has 7 amide bonds. The SMILES string of the molecule is C#Cc1ccc2c(c1)C(=O)N[C@H](C)C(=O)N[C@@H](Cc1cnc[nH]1)C(=O)N[C@H](Cc1ccccc1)C(=O)N[C@@H](CCCN=C(N)N)C(=O)N[C@@H](Cc1c[nH]c3ccccc13)C(=O)N[C@H](C(N)=O)CS2. The molecule has 5 aromatic rings. The molecular formula is C47H53N13O7S. The van der Waals surface area contributed by atoms with Gasteiger partial charge >= 0.3 is 0 Å².